The molecule has 2 aliphatic heterocycles. The van der Waals surface area contributed by atoms with Crippen molar-refractivity contribution < 1.29 is 18.8 Å². The number of carbonyl (C=O) groups is 3. The Morgan fingerprint density at radius 2 is 1.67 bits per heavy atom. The number of thioether (sulfide) groups is 1. The van der Waals surface area contributed by atoms with Gasteiger partial charge in [0.05, 0.1) is 11.4 Å². The molecule has 5 rings (SSSR count). The van der Waals surface area contributed by atoms with Gasteiger partial charge < -0.3 is 5.32 Å². The van der Waals surface area contributed by atoms with Gasteiger partial charge in [0.15, 0.2) is 0 Å². The molecule has 1 spiro atoms. The maximum absolute atomic E-state index is 13.8. The number of carbonyl (C=O) groups excluding carboxylic acids is 3. The molecule has 0 saturated carbocycles. The minimum atomic E-state index is -1.33. The van der Waals surface area contributed by atoms with Crippen LogP contribution in [0.2, 0.25) is 0 Å². The molecule has 0 radical (unpaired) electrons. The Hall–Kier alpha value is -3.65. The maximum atomic E-state index is 13.8. The molecule has 8 heteroatoms. The number of benzene rings is 3. The number of anilines is 2. The number of nitrogens with zero attached hydrogens (tertiary/aromatic N) is 2. The third kappa shape index (κ3) is 3.56. The van der Waals surface area contributed by atoms with E-state index in [2.05, 4.69) is 5.32 Å². The predicted octanol–water partition coefficient (Wildman–Crippen LogP) is 3.42. The summed E-state index contributed by atoms with van der Waals surface area (Å²) in [7, 11) is 0. The Kier molecular flexibility index (Phi) is 5.38. The van der Waals surface area contributed by atoms with Crippen LogP contribution in [0.4, 0.5) is 15.8 Å². The molecular weight excluding hydrogens is 441 g/mol. The van der Waals surface area contributed by atoms with Gasteiger partial charge in [-0.2, -0.15) is 0 Å². The zero-order valence-electron chi connectivity index (χ0n) is 17.5. The van der Waals surface area contributed by atoms with E-state index < -0.39 is 10.7 Å². The van der Waals surface area contributed by atoms with E-state index in [4.69, 9.17) is 0 Å². The van der Waals surface area contributed by atoms with Crippen LogP contribution in [-0.2, 0) is 25.8 Å². The highest BCUT2D eigenvalue weighted by atomic mass is 32.2. The van der Waals surface area contributed by atoms with Crippen LogP contribution in [0.3, 0.4) is 0 Å². The number of fused-ring (bicyclic) bond motifs is 2. The first-order valence-corrected chi connectivity index (χ1v) is 11.4. The second-order valence-electron chi connectivity index (χ2n) is 7.81. The molecule has 3 amide bonds. The van der Waals surface area contributed by atoms with Crippen molar-refractivity contribution >= 4 is 40.9 Å². The van der Waals surface area contributed by atoms with E-state index in [-0.39, 0.29) is 30.0 Å². The summed E-state index contributed by atoms with van der Waals surface area (Å²) >= 11 is 1.22. The molecule has 33 heavy (non-hydrogen) atoms. The number of nitrogens with one attached hydrogen (secondary N) is 1. The molecule has 6 nitrogen and oxygen atoms in total. The fourth-order valence-electron chi connectivity index (χ4n) is 4.30. The average Bonchev–Trinajstić information content (AvgIpc) is 3.30. The number of halogens is 1. The van der Waals surface area contributed by atoms with Crippen LogP contribution in [0.25, 0.3) is 0 Å². The van der Waals surface area contributed by atoms with Crippen molar-refractivity contribution in [3.05, 3.63) is 95.8 Å². The molecule has 1 unspecified atom stereocenters. The number of hydrogen-bond acceptors (Lipinski definition) is 4. The van der Waals surface area contributed by atoms with Gasteiger partial charge in [0.1, 0.15) is 12.4 Å². The first-order valence-electron chi connectivity index (χ1n) is 10.5. The topological polar surface area (TPSA) is 69.7 Å². The molecule has 1 N–H and O–H groups in total. The van der Waals surface area contributed by atoms with Crippen LogP contribution in [-0.4, -0.2) is 30.0 Å². The molecule has 0 bridgehead atoms. The Bertz CT molecular complexity index is 1240. The van der Waals surface area contributed by atoms with Gasteiger partial charge in [0.25, 0.3) is 5.91 Å². The summed E-state index contributed by atoms with van der Waals surface area (Å²) in [5.74, 6) is -1.24. The third-order valence-corrected chi connectivity index (χ3v) is 7.17. The van der Waals surface area contributed by atoms with Crippen molar-refractivity contribution in [1.29, 1.82) is 0 Å². The van der Waals surface area contributed by atoms with Crippen molar-refractivity contribution in [2.24, 2.45) is 0 Å². The SMILES string of the molecule is O=C(CN1C(=O)C2(SCC(=O)N2c2ccc(F)cc2)c2ccccc21)NCc1ccccc1. The van der Waals surface area contributed by atoms with Gasteiger partial charge >= 0.3 is 0 Å². The zero-order valence-corrected chi connectivity index (χ0v) is 18.3. The Balaban J connectivity index is 1.46. The summed E-state index contributed by atoms with van der Waals surface area (Å²) in [4.78, 5) is 41.1. The molecule has 3 aromatic carbocycles. The minimum absolute atomic E-state index is 0.103. The van der Waals surface area contributed by atoms with Crippen LogP contribution in [0.1, 0.15) is 11.1 Å². The summed E-state index contributed by atoms with van der Waals surface area (Å²) in [6, 6.07) is 22.2. The van der Waals surface area contributed by atoms with Crippen LogP contribution in [0.5, 0.6) is 0 Å². The lowest BCUT2D eigenvalue weighted by atomic mass is 10.0. The molecule has 1 saturated heterocycles. The second-order valence-corrected chi connectivity index (χ2v) is 8.98. The van der Waals surface area contributed by atoms with Crippen molar-refractivity contribution in [3.8, 4) is 0 Å². The van der Waals surface area contributed by atoms with Gasteiger partial charge in [-0.05, 0) is 35.9 Å². The highest BCUT2D eigenvalue weighted by Gasteiger charge is 2.61. The van der Waals surface area contributed by atoms with E-state index in [0.717, 1.165) is 5.56 Å². The molecule has 166 valence electrons. The first-order chi connectivity index (χ1) is 16.0. The largest absolute Gasteiger partial charge is 0.350 e. The second kappa shape index (κ2) is 8.37. The van der Waals surface area contributed by atoms with Crippen molar-refractivity contribution in [1.82, 2.24) is 5.32 Å². The summed E-state index contributed by atoms with van der Waals surface area (Å²) in [5.41, 5.74) is 2.62. The normalized spacial score (nSPS) is 19.3. The number of amides is 3. The lowest BCUT2D eigenvalue weighted by molar-refractivity contribution is -0.125. The van der Waals surface area contributed by atoms with Crippen LogP contribution >= 0.6 is 11.8 Å². The lowest BCUT2D eigenvalue weighted by Crippen LogP contribution is -2.51. The van der Waals surface area contributed by atoms with E-state index >= 15 is 0 Å². The van der Waals surface area contributed by atoms with Gasteiger partial charge in [-0.3, -0.25) is 24.2 Å². The van der Waals surface area contributed by atoms with Crippen molar-refractivity contribution in [2.75, 3.05) is 22.1 Å². The molecule has 3 aromatic rings. The fourth-order valence-corrected chi connectivity index (χ4v) is 5.66. The highest BCUT2D eigenvalue weighted by Crippen LogP contribution is 2.55. The molecule has 1 fully saturated rings. The standard InChI is InChI=1S/C25H20FN3O3S/c26-18-10-12-19(13-11-18)29-23(31)16-33-25(29)20-8-4-5-9-21(20)28(24(25)32)15-22(30)27-14-17-6-2-1-3-7-17/h1-13H,14-16H2,(H,27,30). The van der Waals surface area contributed by atoms with E-state index in [1.165, 1.54) is 45.8 Å². The van der Waals surface area contributed by atoms with E-state index in [0.29, 0.717) is 23.5 Å². The monoisotopic (exact) mass is 461 g/mol. The Morgan fingerprint density at radius 1 is 0.970 bits per heavy atom. The summed E-state index contributed by atoms with van der Waals surface area (Å²) in [5, 5.41) is 2.85. The van der Waals surface area contributed by atoms with E-state index in [1.54, 1.807) is 24.3 Å². The Labute approximate surface area is 194 Å². The maximum Gasteiger partial charge on any atom is 0.269 e. The van der Waals surface area contributed by atoms with Crippen LogP contribution in [0, 0.1) is 5.82 Å². The quantitative estimate of drug-likeness (QED) is 0.632. The van der Waals surface area contributed by atoms with Crippen molar-refractivity contribution in [3.63, 3.8) is 0 Å². The van der Waals surface area contributed by atoms with Gasteiger partial charge in [0.2, 0.25) is 16.7 Å². The molecule has 0 aromatic heterocycles. The number of para-hydroxylation sites is 1. The molecular formula is C25H20FN3O3S. The summed E-state index contributed by atoms with van der Waals surface area (Å²) < 4.78 is 13.5. The molecule has 0 aliphatic carbocycles. The molecule has 2 heterocycles. The van der Waals surface area contributed by atoms with Gasteiger partial charge in [0, 0.05) is 17.8 Å². The molecule has 2 aliphatic rings. The predicted molar refractivity (Wildman–Crippen MR) is 125 cm³/mol. The zero-order chi connectivity index (χ0) is 23.0. The summed E-state index contributed by atoms with van der Waals surface area (Å²) in [6.07, 6.45) is 0. The van der Waals surface area contributed by atoms with Gasteiger partial charge in [-0.1, -0.05) is 48.5 Å². The lowest BCUT2D eigenvalue weighted by Gasteiger charge is -2.33. The molecule has 1 atom stereocenters. The van der Waals surface area contributed by atoms with Crippen LogP contribution < -0.4 is 15.1 Å². The first kappa shape index (κ1) is 21.2. The highest BCUT2D eigenvalue weighted by molar-refractivity contribution is 8.02. The Morgan fingerprint density at radius 3 is 2.42 bits per heavy atom. The number of rotatable bonds is 5. The van der Waals surface area contributed by atoms with E-state index in [1.807, 2.05) is 30.3 Å². The fraction of sp³-hybridized carbons (Fsp3) is 0.160. The van der Waals surface area contributed by atoms with E-state index in [9.17, 15) is 18.8 Å². The van der Waals surface area contributed by atoms with Gasteiger partial charge in [-0.15, -0.1) is 11.8 Å². The van der Waals surface area contributed by atoms with Gasteiger partial charge in [-0.25, -0.2) is 4.39 Å². The average molecular weight is 462 g/mol. The minimum Gasteiger partial charge on any atom is -0.350 e. The third-order valence-electron chi connectivity index (χ3n) is 5.78. The summed E-state index contributed by atoms with van der Waals surface area (Å²) in [6.45, 7) is 0.180. The van der Waals surface area contributed by atoms with Crippen molar-refractivity contribution in [2.45, 2.75) is 11.4 Å². The number of hydrogen-bond donors (Lipinski definition) is 1. The smallest absolute Gasteiger partial charge is 0.269 e. The van der Waals surface area contributed by atoms with Crippen LogP contribution in [0.15, 0.2) is 78.9 Å².